The number of ether oxygens (including phenoxy) is 1. The van der Waals surface area contributed by atoms with Crippen LogP contribution in [0, 0.1) is 0 Å². The van der Waals surface area contributed by atoms with Gasteiger partial charge < -0.3 is 15.8 Å². The Morgan fingerprint density at radius 2 is 2.31 bits per heavy atom. The Kier molecular flexibility index (Phi) is 4.76. The molecule has 0 aliphatic carbocycles. The van der Waals surface area contributed by atoms with Crippen LogP contribution in [-0.4, -0.2) is 25.7 Å². The van der Waals surface area contributed by atoms with E-state index in [0.717, 1.165) is 4.47 Å². The Hall–Kier alpha value is -1.07. The molecule has 0 aromatic heterocycles. The monoisotopic (exact) mass is 286 g/mol. The lowest BCUT2D eigenvalue weighted by molar-refractivity contribution is 0.0905. The van der Waals surface area contributed by atoms with Gasteiger partial charge in [-0.1, -0.05) is 0 Å². The van der Waals surface area contributed by atoms with Crippen LogP contribution < -0.4 is 11.1 Å². The largest absolute Gasteiger partial charge is 0.398 e. The van der Waals surface area contributed by atoms with E-state index in [-0.39, 0.29) is 11.9 Å². The van der Waals surface area contributed by atoms with Gasteiger partial charge in [0.15, 0.2) is 0 Å². The smallest absolute Gasteiger partial charge is 0.251 e. The van der Waals surface area contributed by atoms with Crippen molar-refractivity contribution in [1.29, 1.82) is 0 Å². The standard InChI is InChI=1S/C11H15BrN2O2/c1-7(6-16-2)14-11(15)8-3-4-9(12)10(13)5-8/h3-5,7H,6,13H2,1-2H3,(H,14,15). The quantitative estimate of drug-likeness (QED) is 0.830. The summed E-state index contributed by atoms with van der Waals surface area (Å²) in [6.45, 7) is 2.36. The van der Waals surface area contributed by atoms with Gasteiger partial charge in [-0.2, -0.15) is 0 Å². The number of nitrogen functional groups attached to an aromatic ring is 1. The third kappa shape index (κ3) is 3.50. The zero-order valence-corrected chi connectivity index (χ0v) is 10.9. The van der Waals surface area contributed by atoms with Crippen LogP contribution in [0.3, 0.4) is 0 Å². The van der Waals surface area contributed by atoms with E-state index < -0.39 is 0 Å². The first-order chi connectivity index (χ1) is 7.54. The number of anilines is 1. The summed E-state index contributed by atoms with van der Waals surface area (Å²) < 4.78 is 5.72. The van der Waals surface area contributed by atoms with Gasteiger partial charge in [0, 0.05) is 28.9 Å². The second-order valence-electron chi connectivity index (χ2n) is 3.57. The van der Waals surface area contributed by atoms with Gasteiger partial charge in [0.1, 0.15) is 0 Å². The molecule has 1 rings (SSSR count). The minimum atomic E-state index is -0.149. The molecule has 88 valence electrons. The predicted octanol–water partition coefficient (Wildman–Crippen LogP) is 1.80. The lowest BCUT2D eigenvalue weighted by Gasteiger charge is -2.13. The summed E-state index contributed by atoms with van der Waals surface area (Å²) >= 11 is 3.28. The number of hydrogen-bond acceptors (Lipinski definition) is 3. The summed E-state index contributed by atoms with van der Waals surface area (Å²) in [6.07, 6.45) is 0. The van der Waals surface area contributed by atoms with Crippen molar-refractivity contribution < 1.29 is 9.53 Å². The molecule has 0 fully saturated rings. The molecular weight excluding hydrogens is 272 g/mol. The number of amides is 1. The Bertz CT molecular complexity index is 382. The maximum Gasteiger partial charge on any atom is 0.251 e. The van der Waals surface area contributed by atoms with Crippen LogP contribution in [0.1, 0.15) is 17.3 Å². The van der Waals surface area contributed by atoms with E-state index in [1.54, 1.807) is 25.3 Å². The van der Waals surface area contributed by atoms with E-state index in [1.165, 1.54) is 0 Å². The third-order valence-electron chi connectivity index (χ3n) is 2.05. The highest BCUT2D eigenvalue weighted by atomic mass is 79.9. The van der Waals surface area contributed by atoms with Gasteiger partial charge >= 0.3 is 0 Å². The number of carbonyl (C=O) groups is 1. The van der Waals surface area contributed by atoms with E-state index in [0.29, 0.717) is 17.9 Å². The molecule has 0 aliphatic rings. The Labute approximate surface area is 103 Å². The van der Waals surface area contributed by atoms with Crippen LogP contribution in [0.25, 0.3) is 0 Å². The van der Waals surface area contributed by atoms with Crippen LogP contribution in [0.15, 0.2) is 22.7 Å². The molecular formula is C11H15BrN2O2. The first-order valence-corrected chi connectivity index (χ1v) is 5.68. The Balaban J connectivity index is 2.69. The number of nitrogens with one attached hydrogen (secondary N) is 1. The predicted molar refractivity (Wildman–Crippen MR) is 67.4 cm³/mol. The molecule has 0 bridgehead atoms. The number of halogens is 1. The summed E-state index contributed by atoms with van der Waals surface area (Å²) in [6, 6.07) is 5.09. The average molecular weight is 287 g/mol. The van der Waals surface area contributed by atoms with E-state index in [9.17, 15) is 4.79 Å². The van der Waals surface area contributed by atoms with Crippen LogP contribution >= 0.6 is 15.9 Å². The minimum Gasteiger partial charge on any atom is -0.398 e. The van der Waals surface area contributed by atoms with Gasteiger partial charge in [-0.05, 0) is 41.1 Å². The number of rotatable bonds is 4. The number of hydrogen-bond donors (Lipinski definition) is 2. The summed E-state index contributed by atoms with van der Waals surface area (Å²) in [5.41, 5.74) is 6.79. The van der Waals surface area contributed by atoms with E-state index in [1.807, 2.05) is 6.92 Å². The molecule has 1 aromatic carbocycles. The van der Waals surface area contributed by atoms with Gasteiger partial charge in [0.05, 0.1) is 6.61 Å². The molecule has 16 heavy (non-hydrogen) atoms. The third-order valence-corrected chi connectivity index (χ3v) is 2.77. The summed E-state index contributed by atoms with van der Waals surface area (Å²) in [5.74, 6) is -0.149. The topological polar surface area (TPSA) is 64.3 Å². The molecule has 3 N–H and O–H groups in total. The maximum absolute atomic E-state index is 11.8. The van der Waals surface area contributed by atoms with Gasteiger partial charge in [-0.15, -0.1) is 0 Å². The lowest BCUT2D eigenvalue weighted by Crippen LogP contribution is -2.35. The van der Waals surface area contributed by atoms with Gasteiger partial charge in [0.2, 0.25) is 0 Å². The SMILES string of the molecule is COCC(C)NC(=O)c1ccc(Br)c(N)c1. The highest BCUT2D eigenvalue weighted by Gasteiger charge is 2.10. The van der Waals surface area contributed by atoms with Crippen LogP contribution in [-0.2, 0) is 4.74 Å². The van der Waals surface area contributed by atoms with Crippen molar-refractivity contribution >= 4 is 27.5 Å². The van der Waals surface area contributed by atoms with Crippen LogP contribution in [0.2, 0.25) is 0 Å². The lowest BCUT2D eigenvalue weighted by atomic mass is 10.2. The molecule has 1 atom stereocenters. The normalized spacial score (nSPS) is 12.2. The number of benzene rings is 1. The molecule has 0 saturated carbocycles. The fraction of sp³-hybridized carbons (Fsp3) is 0.364. The average Bonchev–Trinajstić information content (AvgIpc) is 2.22. The van der Waals surface area contributed by atoms with Crippen molar-refractivity contribution in [3.63, 3.8) is 0 Å². The molecule has 1 unspecified atom stereocenters. The molecule has 4 nitrogen and oxygen atoms in total. The van der Waals surface area contributed by atoms with E-state index in [2.05, 4.69) is 21.2 Å². The molecule has 1 amide bonds. The number of carbonyl (C=O) groups excluding carboxylic acids is 1. The fourth-order valence-corrected chi connectivity index (χ4v) is 1.53. The second kappa shape index (κ2) is 5.86. The Morgan fingerprint density at radius 1 is 1.62 bits per heavy atom. The van der Waals surface area contributed by atoms with Gasteiger partial charge in [-0.25, -0.2) is 0 Å². The second-order valence-corrected chi connectivity index (χ2v) is 4.42. The molecule has 0 radical (unpaired) electrons. The molecule has 5 heteroatoms. The number of methoxy groups -OCH3 is 1. The van der Waals surface area contributed by atoms with Gasteiger partial charge in [0.25, 0.3) is 5.91 Å². The van der Waals surface area contributed by atoms with Crippen molar-refractivity contribution in [3.05, 3.63) is 28.2 Å². The zero-order chi connectivity index (χ0) is 12.1. The van der Waals surface area contributed by atoms with Crippen molar-refractivity contribution in [2.24, 2.45) is 0 Å². The zero-order valence-electron chi connectivity index (χ0n) is 9.29. The molecule has 0 saturated heterocycles. The van der Waals surface area contributed by atoms with Crippen LogP contribution in [0.4, 0.5) is 5.69 Å². The van der Waals surface area contributed by atoms with E-state index >= 15 is 0 Å². The van der Waals surface area contributed by atoms with E-state index in [4.69, 9.17) is 10.5 Å². The number of nitrogens with two attached hydrogens (primary N) is 1. The Morgan fingerprint density at radius 3 is 2.88 bits per heavy atom. The van der Waals surface area contributed by atoms with Crippen molar-refractivity contribution in [1.82, 2.24) is 5.32 Å². The van der Waals surface area contributed by atoms with Crippen molar-refractivity contribution in [2.45, 2.75) is 13.0 Å². The summed E-state index contributed by atoms with van der Waals surface area (Å²) in [7, 11) is 1.60. The minimum absolute atomic E-state index is 0.0256. The fourth-order valence-electron chi connectivity index (χ4n) is 1.28. The van der Waals surface area contributed by atoms with Gasteiger partial charge in [-0.3, -0.25) is 4.79 Å². The molecule has 0 heterocycles. The van der Waals surface area contributed by atoms with Crippen LogP contribution in [0.5, 0.6) is 0 Å². The first kappa shape index (κ1) is 13.0. The van der Waals surface area contributed by atoms with Crippen molar-refractivity contribution in [2.75, 3.05) is 19.5 Å². The van der Waals surface area contributed by atoms with Crippen molar-refractivity contribution in [3.8, 4) is 0 Å². The summed E-state index contributed by atoms with van der Waals surface area (Å²) in [5, 5.41) is 2.81. The molecule has 1 aromatic rings. The molecule has 0 spiro atoms. The highest BCUT2D eigenvalue weighted by molar-refractivity contribution is 9.10. The summed E-state index contributed by atoms with van der Waals surface area (Å²) in [4.78, 5) is 11.8. The first-order valence-electron chi connectivity index (χ1n) is 4.89. The molecule has 0 aliphatic heterocycles. The highest BCUT2D eigenvalue weighted by Crippen LogP contribution is 2.20. The maximum atomic E-state index is 11.8.